The molecule has 1 atom stereocenters. The molecule has 0 heterocycles. The van der Waals surface area contributed by atoms with Gasteiger partial charge >= 0.3 is 23.9 Å². The average molecular weight is 429 g/mol. The van der Waals surface area contributed by atoms with Crippen molar-refractivity contribution in [2.24, 2.45) is 0 Å². The molecule has 1 N–H and O–H groups in total. The molecule has 2 amide bonds. The number of carbonyl (C=O) groups is 4. The molecule has 9 nitrogen and oxygen atoms in total. The Morgan fingerprint density at radius 1 is 1.07 bits per heavy atom. The number of nitrogens with one attached hydrogen (secondary N) is 1. The maximum atomic E-state index is 12.8. The van der Waals surface area contributed by atoms with Gasteiger partial charge in [0.2, 0.25) is 0 Å². The summed E-state index contributed by atoms with van der Waals surface area (Å²) in [7, 11) is 1.23. The van der Waals surface area contributed by atoms with E-state index in [9.17, 15) is 19.2 Å². The minimum Gasteiger partial charge on any atom is -0.467 e. The summed E-state index contributed by atoms with van der Waals surface area (Å²) in [6.07, 6.45) is 2.78. The lowest BCUT2D eigenvalue weighted by molar-refractivity contribution is -0.141. The van der Waals surface area contributed by atoms with E-state index in [1.807, 2.05) is 0 Å². The SMILES string of the molecule is COC(=O)C(C)N(C(=O)NC1CCC1)c1ccc(OC(C)=O)c(OC(C)=O)c1.Cl. The summed E-state index contributed by atoms with van der Waals surface area (Å²) in [5.74, 6) is -1.85. The van der Waals surface area contributed by atoms with Crippen molar-refractivity contribution in [1.29, 1.82) is 0 Å². The summed E-state index contributed by atoms with van der Waals surface area (Å²) in [4.78, 5) is 48.8. The van der Waals surface area contributed by atoms with E-state index in [4.69, 9.17) is 14.2 Å². The van der Waals surface area contributed by atoms with Crippen LogP contribution in [0, 0.1) is 0 Å². The summed E-state index contributed by atoms with van der Waals surface area (Å²) in [5.41, 5.74) is 0.280. The van der Waals surface area contributed by atoms with Crippen LogP contribution >= 0.6 is 12.4 Å². The Morgan fingerprint density at radius 2 is 1.66 bits per heavy atom. The monoisotopic (exact) mass is 428 g/mol. The van der Waals surface area contributed by atoms with Crippen molar-refractivity contribution in [1.82, 2.24) is 5.32 Å². The Balaban J connectivity index is 0.00000420. The first-order chi connectivity index (χ1) is 13.2. The fraction of sp³-hybridized carbons (Fsp3) is 0.474. The van der Waals surface area contributed by atoms with E-state index < -0.39 is 30.0 Å². The second-order valence-electron chi connectivity index (χ2n) is 6.46. The highest BCUT2D eigenvalue weighted by Gasteiger charge is 2.31. The highest BCUT2D eigenvalue weighted by Crippen LogP contribution is 2.33. The van der Waals surface area contributed by atoms with E-state index in [-0.39, 0.29) is 35.6 Å². The van der Waals surface area contributed by atoms with E-state index in [1.54, 1.807) is 0 Å². The Bertz CT molecular complexity index is 780. The molecule has 0 aromatic heterocycles. The fourth-order valence-corrected chi connectivity index (χ4v) is 2.71. The molecule has 0 saturated heterocycles. The second-order valence-corrected chi connectivity index (χ2v) is 6.46. The van der Waals surface area contributed by atoms with Crippen LogP contribution in [-0.2, 0) is 19.1 Å². The minimum absolute atomic E-state index is 0. The molecular weight excluding hydrogens is 404 g/mol. The Kier molecular flexibility index (Phi) is 8.90. The molecule has 1 aliphatic carbocycles. The van der Waals surface area contributed by atoms with Gasteiger partial charge in [0, 0.05) is 26.0 Å². The summed E-state index contributed by atoms with van der Waals surface area (Å²) in [6, 6.07) is 2.88. The number of urea groups is 1. The molecule has 0 spiro atoms. The number of carbonyl (C=O) groups excluding carboxylic acids is 4. The van der Waals surface area contributed by atoms with Crippen LogP contribution in [0.1, 0.15) is 40.0 Å². The first-order valence-electron chi connectivity index (χ1n) is 8.91. The van der Waals surface area contributed by atoms with Crippen molar-refractivity contribution in [3.05, 3.63) is 18.2 Å². The zero-order valence-electron chi connectivity index (χ0n) is 16.7. The lowest BCUT2D eigenvalue weighted by Crippen LogP contribution is -2.52. The van der Waals surface area contributed by atoms with Gasteiger partial charge in [-0.1, -0.05) is 0 Å². The predicted molar refractivity (Wildman–Crippen MR) is 106 cm³/mol. The van der Waals surface area contributed by atoms with Gasteiger partial charge < -0.3 is 19.5 Å². The average Bonchev–Trinajstić information content (AvgIpc) is 2.58. The van der Waals surface area contributed by atoms with Gasteiger partial charge in [-0.2, -0.15) is 0 Å². The van der Waals surface area contributed by atoms with Crippen LogP contribution in [0.5, 0.6) is 11.5 Å². The third kappa shape index (κ3) is 6.35. The van der Waals surface area contributed by atoms with Crippen LogP contribution in [0.3, 0.4) is 0 Å². The highest BCUT2D eigenvalue weighted by molar-refractivity contribution is 5.99. The molecule has 1 fully saturated rings. The number of hydrogen-bond acceptors (Lipinski definition) is 7. The number of amides is 2. The normalized spacial score (nSPS) is 13.8. The Labute approximate surface area is 175 Å². The molecule has 0 aliphatic heterocycles. The van der Waals surface area contributed by atoms with Gasteiger partial charge in [-0.3, -0.25) is 14.5 Å². The van der Waals surface area contributed by atoms with Gasteiger partial charge in [0.25, 0.3) is 0 Å². The summed E-state index contributed by atoms with van der Waals surface area (Å²) in [6.45, 7) is 3.93. The standard InChI is InChI=1S/C19H24N2O7.ClH/c1-11(18(24)26-4)21(19(25)20-14-6-5-7-14)15-8-9-16(27-12(2)22)17(10-15)28-13(3)23;/h8-11,14H,5-7H2,1-4H3,(H,20,25);1H. The molecule has 29 heavy (non-hydrogen) atoms. The van der Waals surface area contributed by atoms with Crippen LogP contribution < -0.4 is 19.7 Å². The molecule has 1 saturated carbocycles. The van der Waals surface area contributed by atoms with Crippen molar-refractivity contribution in [3.8, 4) is 11.5 Å². The number of ether oxygens (including phenoxy) is 3. The molecule has 160 valence electrons. The zero-order valence-corrected chi connectivity index (χ0v) is 17.5. The zero-order chi connectivity index (χ0) is 20.8. The molecule has 10 heteroatoms. The number of hydrogen-bond donors (Lipinski definition) is 1. The van der Waals surface area contributed by atoms with Gasteiger partial charge in [-0.15, -0.1) is 12.4 Å². The van der Waals surface area contributed by atoms with Crippen LogP contribution in [-0.4, -0.2) is 43.1 Å². The van der Waals surface area contributed by atoms with E-state index >= 15 is 0 Å². The van der Waals surface area contributed by atoms with Crippen molar-refractivity contribution in [2.75, 3.05) is 12.0 Å². The fourth-order valence-electron chi connectivity index (χ4n) is 2.71. The van der Waals surface area contributed by atoms with Crippen LogP contribution in [0.4, 0.5) is 10.5 Å². The highest BCUT2D eigenvalue weighted by atomic mass is 35.5. The van der Waals surface area contributed by atoms with Gasteiger partial charge in [0.1, 0.15) is 6.04 Å². The maximum absolute atomic E-state index is 12.8. The predicted octanol–water partition coefficient (Wildman–Crippen LogP) is 2.59. The summed E-state index contributed by atoms with van der Waals surface area (Å²) in [5, 5.41) is 2.87. The number of nitrogens with zero attached hydrogens (tertiary/aromatic N) is 1. The van der Waals surface area contributed by atoms with Gasteiger partial charge in [-0.25, -0.2) is 9.59 Å². The first kappa shape index (κ1) is 24.2. The quantitative estimate of drug-likeness (QED) is 0.547. The lowest BCUT2D eigenvalue weighted by Gasteiger charge is -2.33. The first-order valence-corrected chi connectivity index (χ1v) is 8.91. The second kappa shape index (κ2) is 10.7. The molecule has 0 bridgehead atoms. The lowest BCUT2D eigenvalue weighted by atomic mass is 9.93. The molecular formula is C19H25ClN2O7. The number of esters is 3. The van der Waals surface area contributed by atoms with Crippen molar-refractivity contribution < 1.29 is 33.4 Å². The van der Waals surface area contributed by atoms with Gasteiger partial charge in [0.15, 0.2) is 11.5 Å². The Hall–Kier alpha value is -2.81. The maximum Gasteiger partial charge on any atom is 0.328 e. The van der Waals surface area contributed by atoms with Gasteiger partial charge in [-0.05, 0) is 38.3 Å². The molecule has 1 unspecified atom stereocenters. The van der Waals surface area contributed by atoms with Crippen molar-refractivity contribution in [2.45, 2.75) is 52.1 Å². The smallest absolute Gasteiger partial charge is 0.328 e. The molecule has 1 aromatic rings. The minimum atomic E-state index is -0.935. The topological polar surface area (TPSA) is 111 Å². The van der Waals surface area contributed by atoms with Crippen LogP contribution in [0.2, 0.25) is 0 Å². The largest absolute Gasteiger partial charge is 0.467 e. The number of rotatable bonds is 6. The van der Waals surface area contributed by atoms with Crippen LogP contribution in [0.25, 0.3) is 0 Å². The third-order valence-corrected chi connectivity index (χ3v) is 4.29. The van der Waals surface area contributed by atoms with E-state index in [1.165, 1.54) is 51.0 Å². The Morgan fingerprint density at radius 3 is 2.14 bits per heavy atom. The summed E-state index contributed by atoms with van der Waals surface area (Å²) < 4.78 is 14.9. The van der Waals surface area contributed by atoms with E-state index in [2.05, 4.69) is 5.32 Å². The van der Waals surface area contributed by atoms with Crippen molar-refractivity contribution in [3.63, 3.8) is 0 Å². The van der Waals surface area contributed by atoms with Crippen molar-refractivity contribution >= 4 is 42.0 Å². The molecule has 1 aromatic carbocycles. The molecule has 2 rings (SSSR count). The van der Waals surface area contributed by atoms with E-state index in [0.717, 1.165) is 19.3 Å². The summed E-state index contributed by atoms with van der Waals surface area (Å²) >= 11 is 0. The third-order valence-electron chi connectivity index (χ3n) is 4.29. The van der Waals surface area contributed by atoms with Gasteiger partial charge in [0.05, 0.1) is 12.8 Å². The molecule has 1 aliphatic rings. The number of halogens is 1. The number of anilines is 1. The van der Waals surface area contributed by atoms with E-state index in [0.29, 0.717) is 0 Å². The number of methoxy groups -OCH3 is 1. The van der Waals surface area contributed by atoms with Crippen LogP contribution in [0.15, 0.2) is 18.2 Å². The molecule has 0 radical (unpaired) electrons. The number of benzene rings is 1.